The Morgan fingerprint density at radius 1 is 0.750 bits per heavy atom. The van der Waals surface area contributed by atoms with Crippen LogP contribution >= 0.6 is 15.9 Å². The van der Waals surface area contributed by atoms with Crippen molar-refractivity contribution < 1.29 is 0 Å². The third kappa shape index (κ3) is 3.02. The van der Waals surface area contributed by atoms with Gasteiger partial charge in [0, 0.05) is 15.5 Å². The van der Waals surface area contributed by atoms with Crippen molar-refractivity contribution in [2.75, 3.05) is 4.23 Å². The fourth-order valence-electron chi connectivity index (χ4n) is 3.18. The Hall–Kier alpha value is -0.586. The molecule has 2 rings (SSSR count). The minimum Gasteiger partial charge on any atom is -0.424 e. The summed E-state index contributed by atoms with van der Waals surface area (Å²) >= 11 is 3.69. The maximum absolute atomic E-state index is 3.69. The lowest BCUT2D eigenvalue weighted by atomic mass is 10.1. The predicted molar refractivity (Wildman–Crippen MR) is 101 cm³/mol. The van der Waals surface area contributed by atoms with E-state index < -0.39 is 16.5 Å². The van der Waals surface area contributed by atoms with Gasteiger partial charge >= 0.3 is 0 Å². The second-order valence-corrected chi connectivity index (χ2v) is 18.2. The SMILES string of the molecule is C[Si](C)(C)N(c1cccc2c(Br)cccc12)[Si](C)(C)C. The average molecular weight is 366 g/mol. The number of hydrogen-bond acceptors (Lipinski definition) is 1. The Balaban J connectivity index is 2.76. The minimum absolute atomic E-state index is 1.18. The Morgan fingerprint density at radius 2 is 1.25 bits per heavy atom. The molecule has 0 spiro atoms. The molecule has 0 saturated heterocycles. The lowest BCUT2D eigenvalue weighted by Crippen LogP contribution is -2.59. The van der Waals surface area contributed by atoms with Gasteiger partial charge in [0.1, 0.15) is 16.5 Å². The van der Waals surface area contributed by atoms with E-state index in [0.717, 1.165) is 0 Å². The van der Waals surface area contributed by atoms with Gasteiger partial charge in [0.05, 0.1) is 0 Å². The van der Waals surface area contributed by atoms with E-state index in [1.807, 2.05) is 0 Å². The maximum Gasteiger partial charge on any atom is 0.138 e. The van der Waals surface area contributed by atoms with Crippen molar-refractivity contribution in [3.63, 3.8) is 0 Å². The van der Waals surface area contributed by atoms with Gasteiger partial charge in [-0.1, -0.05) is 79.5 Å². The highest BCUT2D eigenvalue weighted by molar-refractivity contribution is 9.10. The van der Waals surface area contributed by atoms with E-state index >= 15 is 0 Å². The van der Waals surface area contributed by atoms with Gasteiger partial charge in [0.15, 0.2) is 0 Å². The standard InChI is InChI=1S/C16H24BrNSi2/c1-19(2,3)18(20(4,5)6)16-12-8-9-13-14(16)10-7-11-15(13)17/h7-12H,1-6H3. The fourth-order valence-corrected chi connectivity index (χ4v) is 13.6. The first-order chi connectivity index (χ1) is 9.12. The van der Waals surface area contributed by atoms with Gasteiger partial charge in [-0.3, -0.25) is 0 Å². The number of fused-ring (bicyclic) bond motifs is 1. The molecule has 2 aromatic rings. The molecule has 1 nitrogen and oxygen atoms in total. The molecule has 0 aliphatic heterocycles. The normalized spacial score (nSPS) is 12.8. The molecule has 2 aromatic carbocycles. The third-order valence-electron chi connectivity index (χ3n) is 3.43. The highest BCUT2D eigenvalue weighted by Crippen LogP contribution is 2.36. The molecule has 0 aromatic heterocycles. The largest absolute Gasteiger partial charge is 0.424 e. The zero-order valence-electron chi connectivity index (χ0n) is 13.3. The van der Waals surface area contributed by atoms with Crippen LogP contribution in [0, 0.1) is 0 Å². The van der Waals surface area contributed by atoms with Crippen LogP contribution < -0.4 is 4.23 Å². The topological polar surface area (TPSA) is 3.24 Å². The average Bonchev–Trinajstić information content (AvgIpc) is 2.26. The van der Waals surface area contributed by atoms with E-state index in [2.05, 4.69) is 95.8 Å². The van der Waals surface area contributed by atoms with Gasteiger partial charge in [-0.25, -0.2) is 0 Å². The number of nitrogens with zero attached hydrogens (tertiary/aromatic N) is 1. The number of anilines is 1. The van der Waals surface area contributed by atoms with Crippen molar-refractivity contribution in [1.82, 2.24) is 0 Å². The second kappa shape index (κ2) is 5.31. The van der Waals surface area contributed by atoms with Crippen molar-refractivity contribution in [1.29, 1.82) is 0 Å². The van der Waals surface area contributed by atoms with Crippen LogP contribution in [0.3, 0.4) is 0 Å². The van der Waals surface area contributed by atoms with Gasteiger partial charge in [-0.15, -0.1) is 0 Å². The van der Waals surface area contributed by atoms with E-state index in [-0.39, 0.29) is 0 Å². The number of halogens is 1. The summed E-state index contributed by atoms with van der Waals surface area (Å²) in [6, 6.07) is 13.2. The van der Waals surface area contributed by atoms with Gasteiger partial charge in [0.25, 0.3) is 0 Å². The summed E-state index contributed by atoms with van der Waals surface area (Å²) in [6.45, 7) is 14.7. The Kier molecular flexibility index (Phi) is 4.20. The summed E-state index contributed by atoms with van der Waals surface area (Å²) < 4.78 is 3.97. The van der Waals surface area contributed by atoms with Crippen LogP contribution in [0.1, 0.15) is 0 Å². The molecule has 0 aliphatic rings. The van der Waals surface area contributed by atoms with Crippen LogP contribution in [-0.4, -0.2) is 16.5 Å². The monoisotopic (exact) mass is 365 g/mol. The van der Waals surface area contributed by atoms with Crippen LogP contribution in [0.15, 0.2) is 40.9 Å². The number of hydrogen-bond donors (Lipinski definition) is 0. The van der Waals surface area contributed by atoms with Crippen LogP contribution in [0.2, 0.25) is 39.3 Å². The summed E-state index contributed by atoms with van der Waals surface area (Å²) in [6.07, 6.45) is 0. The highest BCUT2D eigenvalue weighted by Gasteiger charge is 2.35. The molecule has 4 heteroatoms. The molecule has 108 valence electrons. The van der Waals surface area contributed by atoms with E-state index in [4.69, 9.17) is 0 Å². The van der Waals surface area contributed by atoms with Crippen molar-refractivity contribution in [2.45, 2.75) is 39.3 Å². The Bertz CT molecular complexity index is 612. The first-order valence-electron chi connectivity index (χ1n) is 7.10. The third-order valence-corrected chi connectivity index (χ3v) is 11.3. The zero-order chi connectivity index (χ0) is 15.1. The molecular formula is C16H24BrNSi2. The maximum atomic E-state index is 3.69. The molecule has 20 heavy (non-hydrogen) atoms. The highest BCUT2D eigenvalue weighted by atomic mass is 79.9. The van der Waals surface area contributed by atoms with E-state index in [1.165, 1.54) is 20.9 Å². The van der Waals surface area contributed by atoms with Crippen molar-refractivity contribution in [3.8, 4) is 0 Å². The molecule has 0 amide bonds. The Labute approximate surface area is 133 Å². The number of benzene rings is 2. The fraction of sp³-hybridized carbons (Fsp3) is 0.375. The summed E-state index contributed by atoms with van der Waals surface area (Å²) in [5.74, 6) is 0. The zero-order valence-corrected chi connectivity index (χ0v) is 16.9. The smallest absolute Gasteiger partial charge is 0.138 e. The van der Waals surface area contributed by atoms with Gasteiger partial charge in [-0.05, 0) is 17.5 Å². The number of rotatable bonds is 3. The molecule has 0 radical (unpaired) electrons. The molecule has 0 saturated carbocycles. The molecule has 0 unspecified atom stereocenters. The van der Waals surface area contributed by atoms with Crippen LogP contribution in [0.5, 0.6) is 0 Å². The van der Waals surface area contributed by atoms with E-state index in [0.29, 0.717) is 0 Å². The molecular weight excluding hydrogens is 342 g/mol. The van der Waals surface area contributed by atoms with Gasteiger partial charge in [0.2, 0.25) is 0 Å². The molecule has 0 atom stereocenters. The van der Waals surface area contributed by atoms with Gasteiger partial charge in [-0.2, -0.15) is 0 Å². The minimum atomic E-state index is -1.42. The van der Waals surface area contributed by atoms with Crippen molar-refractivity contribution in [3.05, 3.63) is 40.9 Å². The quantitative estimate of drug-likeness (QED) is 0.595. The summed E-state index contributed by atoms with van der Waals surface area (Å²) in [4.78, 5) is 0. The van der Waals surface area contributed by atoms with E-state index in [9.17, 15) is 0 Å². The molecule has 0 N–H and O–H groups in total. The van der Waals surface area contributed by atoms with Crippen LogP contribution in [-0.2, 0) is 0 Å². The Morgan fingerprint density at radius 3 is 1.80 bits per heavy atom. The molecule has 0 aliphatic carbocycles. The van der Waals surface area contributed by atoms with Crippen LogP contribution in [0.4, 0.5) is 5.69 Å². The van der Waals surface area contributed by atoms with Gasteiger partial charge < -0.3 is 4.23 Å². The first kappa shape index (κ1) is 15.8. The van der Waals surface area contributed by atoms with Crippen LogP contribution in [0.25, 0.3) is 10.8 Å². The summed E-state index contributed by atoms with van der Waals surface area (Å²) in [5, 5.41) is 2.68. The lowest BCUT2D eigenvalue weighted by Gasteiger charge is -2.46. The second-order valence-electron chi connectivity index (χ2n) is 7.29. The van der Waals surface area contributed by atoms with E-state index in [1.54, 1.807) is 0 Å². The van der Waals surface area contributed by atoms with Crippen molar-refractivity contribution >= 4 is 48.9 Å². The lowest BCUT2D eigenvalue weighted by molar-refractivity contribution is 1.37. The molecule has 0 bridgehead atoms. The first-order valence-corrected chi connectivity index (χ1v) is 14.8. The van der Waals surface area contributed by atoms with Crippen molar-refractivity contribution in [2.24, 2.45) is 0 Å². The summed E-state index contributed by atoms with van der Waals surface area (Å²) in [7, 11) is -2.84. The molecule has 0 fully saturated rings. The predicted octanol–water partition coefficient (Wildman–Crippen LogP) is 6.08. The molecule has 0 heterocycles. The summed E-state index contributed by atoms with van der Waals surface area (Å²) in [5.41, 5.74) is 1.42.